The molecular formula is C51H96NO9P. The zero-order chi connectivity index (χ0) is 45.5. The van der Waals surface area contributed by atoms with Gasteiger partial charge in [0.15, 0.2) is 0 Å². The molecule has 0 saturated carbocycles. The SMILES string of the molecule is CC/C=C\C/C=C\C/C=C\CCCCCCCCCC(=O)OC(COCCCCCCCCCCCCCCCCCCCCCCCCC)COP(=O)(O)OCC(N)C(=O)O. The van der Waals surface area contributed by atoms with Crippen LogP contribution < -0.4 is 5.73 Å². The van der Waals surface area contributed by atoms with Gasteiger partial charge in [-0.1, -0.05) is 224 Å². The van der Waals surface area contributed by atoms with Crippen LogP contribution >= 0.6 is 7.82 Å². The average molecular weight is 898 g/mol. The summed E-state index contributed by atoms with van der Waals surface area (Å²) in [6.45, 7) is 3.80. The smallest absolute Gasteiger partial charge is 0.472 e. The summed E-state index contributed by atoms with van der Waals surface area (Å²) < 4.78 is 33.5. The minimum atomic E-state index is -4.62. The Labute approximate surface area is 380 Å². The van der Waals surface area contributed by atoms with Crippen molar-refractivity contribution in [2.75, 3.05) is 26.4 Å². The van der Waals surface area contributed by atoms with E-state index in [1.165, 1.54) is 148 Å². The molecule has 0 radical (unpaired) electrons. The van der Waals surface area contributed by atoms with Crippen LogP contribution in [0.5, 0.6) is 0 Å². The van der Waals surface area contributed by atoms with Crippen molar-refractivity contribution in [1.82, 2.24) is 0 Å². The van der Waals surface area contributed by atoms with E-state index in [-0.39, 0.29) is 13.0 Å². The second kappa shape index (κ2) is 47.2. The minimum absolute atomic E-state index is 0.0161. The molecule has 4 N–H and O–H groups in total. The van der Waals surface area contributed by atoms with Gasteiger partial charge in [0.05, 0.1) is 19.8 Å². The lowest BCUT2D eigenvalue weighted by atomic mass is 10.0. The van der Waals surface area contributed by atoms with E-state index in [9.17, 15) is 19.0 Å². The van der Waals surface area contributed by atoms with Crippen LogP contribution in [0.15, 0.2) is 36.5 Å². The van der Waals surface area contributed by atoms with Crippen molar-refractivity contribution in [2.45, 2.75) is 251 Å². The van der Waals surface area contributed by atoms with E-state index in [1.54, 1.807) is 0 Å². The van der Waals surface area contributed by atoms with Gasteiger partial charge in [0.2, 0.25) is 0 Å². The second-order valence-electron chi connectivity index (χ2n) is 17.3. The highest BCUT2D eigenvalue weighted by molar-refractivity contribution is 7.47. The van der Waals surface area contributed by atoms with Crippen molar-refractivity contribution in [3.05, 3.63) is 36.5 Å². The quantitative estimate of drug-likeness (QED) is 0.0233. The Morgan fingerprint density at radius 3 is 1.40 bits per heavy atom. The summed E-state index contributed by atoms with van der Waals surface area (Å²) in [7, 11) is -4.62. The van der Waals surface area contributed by atoms with Crippen molar-refractivity contribution in [1.29, 1.82) is 0 Å². The molecule has 0 fully saturated rings. The lowest BCUT2D eigenvalue weighted by Gasteiger charge is -2.20. The van der Waals surface area contributed by atoms with Crippen molar-refractivity contribution in [3.63, 3.8) is 0 Å². The first-order valence-electron chi connectivity index (χ1n) is 25.5. The lowest BCUT2D eigenvalue weighted by molar-refractivity contribution is -0.154. The van der Waals surface area contributed by atoms with Gasteiger partial charge in [-0.2, -0.15) is 0 Å². The Kier molecular flexibility index (Phi) is 45.8. The number of hydrogen-bond donors (Lipinski definition) is 3. The summed E-state index contributed by atoms with van der Waals surface area (Å²) in [5.41, 5.74) is 5.37. The van der Waals surface area contributed by atoms with Crippen molar-refractivity contribution in [2.24, 2.45) is 5.73 Å². The van der Waals surface area contributed by atoms with E-state index >= 15 is 0 Å². The number of carboxylic acid groups (broad SMARTS) is 1. The van der Waals surface area contributed by atoms with Crippen LogP contribution in [0, 0.1) is 0 Å². The summed E-state index contributed by atoms with van der Waals surface area (Å²) >= 11 is 0. The number of carbonyl (C=O) groups excluding carboxylic acids is 1. The fraction of sp³-hybridized carbons (Fsp3) is 0.843. The highest BCUT2D eigenvalue weighted by Crippen LogP contribution is 2.43. The molecule has 0 spiro atoms. The van der Waals surface area contributed by atoms with Gasteiger partial charge in [0.25, 0.3) is 0 Å². The number of carbonyl (C=O) groups is 2. The molecule has 3 atom stereocenters. The van der Waals surface area contributed by atoms with Gasteiger partial charge in [-0.25, -0.2) is 4.57 Å². The number of ether oxygens (including phenoxy) is 2. The van der Waals surface area contributed by atoms with Crippen molar-refractivity contribution >= 4 is 19.8 Å². The van der Waals surface area contributed by atoms with E-state index in [2.05, 4.69) is 50.3 Å². The van der Waals surface area contributed by atoms with Crippen LogP contribution in [0.3, 0.4) is 0 Å². The normalized spacial score (nSPS) is 14.0. The molecule has 0 aromatic rings. The minimum Gasteiger partial charge on any atom is -0.480 e. The summed E-state index contributed by atoms with van der Waals surface area (Å²) in [4.78, 5) is 33.7. The molecule has 10 nitrogen and oxygen atoms in total. The third-order valence-corrected chi connectivity index (χ3v) is 12.1. The standard InChI is InChI=1S/C51H96NO9P/c1-3-5-7-9-11-13-15-17-19-21-22-23-24-25-26-28-30-32-34-36-38-40-42-44-58-45-48(46-59-62(56,57)60-47-49(52)51(54)55)61-50(53)43-41-39-37-35-33-31-29-27-20-18-16-14-12-10-8-6-4-2/h6,8,12,14,18,20,48-49H,3-5,7,9-11,13,15-17,19,21-47,52H2,1-2H3,(H,54,55)(H,56,57)/b8-6-,14-12-,20-18-. The van der Waals surface area contributed by atoms with Gasteiger partial charge < -0.3 is 25.2 Å². The highest BCUT2D eigenvalue weighted by Gasteiger charge is 2.27. The number of phosphoric acid groups is 1. The van der Waals surface area contributed by atoms with Crippen LogP contribution in [0.4, 0.5) is 0 Å². The first-order valence-corrected chi connectivity index (χ1v) is 27.0. The molecule has 62 heavy (non-hydrogen) atoms. The molecule has 0 bridgehead atoms. The molecule has 0 amide bonds. The number of esters is 1. The predicted octanol–water partition coefficient (Wildman–Crippen LogP) is 14.8. The maximum atomic E-state index is 12.7. The lowest BCUT2D eigenvalue weighted by Crippen LogP contribution is -2.34. The van der Waals surface area contributed by atoms with Crippen molar-refractivity contribution < 1.29 is 42.7 Å². The monoisotopic (exact) mass is 898 g/mol. The number of carboxylic acids is 1. The zero-order valence-corrected chi connectivity index (χ0v) is 40.9. The summed E-state index contributed by atoms with van der Waals surface area (Å²) in [5, 5.41) is 8.92. The molecule has 364 valence electrons. The van der Waals surface area contributed by atoms with Crippen LogP contribution in [0.25, 0.3) is 0 Å². The van der Waals surface area contributed by atoms with E-state index in [4.69, 9.17) is 29.4 Å². The number of unbranched alkanes of at least 4 members (excludes halogenated alkanes) is 29. The summed E-state index contributed by atoms with van der Waals surface area (Å²) in [6, 6.07) is -1.47. The fourth-order valence-electron chi connectivity index (χ4n) is 7.27. The highest BCUT2D eigenvalue weighted by atomic mass is 31.2. The topological polar surface area (TPSA) is 155 Å². The number of allylic oxidation sites excluding steroid dienone is 6. The molecular weight excluding hydrogens is 802 g/mol. The van der Waals surface area contributed by atoms with Gasteiger partial charge in [0.1, 0.15) is 12.1 Å². The number of hydrogen-bond acceptors (Lipinski definition) is 8. The molecule has 0 rings (SSSR count). The largest absolute Gasteiger partial charge is 0.480 e. The second-order valence-corrected chi connectivity index (χ2v) is 18.7. The molecule has 0 heterocycles. The first-order chi connectivity index (χ1) is 30.2. The number of rotatable bonds is 49. The summed E-state index contributed by atoms with van der Waals surface area (Å²) in [5.74, 6) is -1.78. The average Bonchev–Trinajstić information content (AvgIpc) is 3.25. The molecule has 0 aromatic carbocycles. The number of nitrogens with two attached hydrogens (primary N) is 1. The Balaban J connectivity index is 4.09. The Hall–Kier alpha value is -1.81. The number of phosphoric ester groups is 1. The van der Waals surface area contributed by atoms with Crippen molar-refractivity contribution in [3.8, 4) is 0 Å². The maximum absolute atomic E-state index is 12.7. The Morgan fingerprint density at radius 1 is 0.532 bits per heavy atom. The maximum Gasteiger partial charge on any atom is 0.472 e. The van der Waals surface area contributed by atoms with Gasteiger partial charge in [0, 0.05) is 13.0 Å². The van der Waals surface area contributed by atoms with E-state index in [0.717, 1.165) is 64.2 Å². The number of aliphatic carboxylic acids is 1. The van der Waals surface area contributed by atoms with Crippen LogP contribution in [0.1, 0.15) is 239 Å². The van der Waals surface area contributed by atoms with E-state index in [1.807, 2.05) is 0 Å². The molecule has 0 aliphatic heterocycles. The molecule has 3 unspecified atom stereocenters. The van der Waals surface area contributed by atoms with Crippen LogP contribution in [0.2, 0.25) is 0 Å². The molecule has 0 aliphatic rings. The first kappa shape index (κ1) is 60.2. The Bertz CT molecular complexity index is 1130. The van der Waals surface area contributed by atoms with Gasteiger partial charge in [-0.15, -0.1) is 0 Å². The third kappa shape index (κ3) is 46.2. The van der Waals surface area contributed by atoms with Gasteiger partial charge in [-0.3, -0.25) is 18.6 Å². The van der Waals surface area contributed by atoms with E-state index in [0.29, 0.717) is 13.0 Å². The van der Waals surface area contributed by atoms with Crippen LogP contribution in [-0.2, 0) is 32.7 Å². The molecule has 0 aliphatic carbocycles. The predicted molar refractivity (Wildman–Crippen MR) is 258 cm³/mol. The zero-order valence-electron chi connectivity index (χ0n) is 40.0. The van der Waals surface area contributed by atoms with Gasteiger partial charge >= 0.3 is 19.8 Å². The van der Waals surface area contributed by atoms with Crippen LogP contribution in [-0.4, -0.2) is 60.5 Å². The fourth-order valence-corrected chi connectivity index (χ4v) is 8.05. The molecule has 0 saturated heterocycles. The molecule has 0 aromatic heterocycles. The molecule has 11 heteroatoms. The Morgan fingerprint density at radius 2 is 0.935 bits per heavy atom. The third-order valence-electron chi connectivity index (χ3n) is 11.2. The van der Waals surface area contributed by atoms with Gasteiger partial charge in [-0.05, 0) is 44.9 Å². The summed E-state index contributed by atoms with van der Waals surface area (Å²) in [6.07, 6.45) is 54.9. The van der Waals surface area contributed by atoms with E-state index < -0.39 is 45.1 Å².